The van der Waals surface area contributed by atoms with Crippen LogP contribution in [-0.2, 0) is 14.3 Å². The van der Waals surface area contributed by atoms with Crippen LogP contribution < -0.4 is 5.32 Å². The summed E-state index contributed by atoms with van der Waals surface area (Å²) in [7, 11) is 0. The van der Waals surface area contributed by atoms with E-state index in [1.165, 1.54) is 17.3 Å². The van der Waals surface area contributed by atoms with Gasteiger partial charge in [-0.3, -0.25) is 4.79 Å². The second kappa shape index (κ2) is 9.14. The lowest BCUT2D eigenvalue weighted by molar-refractivity contribution is -0.143. The van der Waals surface area contributed by atoms with Crippen LogP contribution in [0.15, 0.2) is 51.6 Å². The van der Waals surface area contributed by atoms with Crippen LogP contribution in [0.2, 0.25) is 0 Å². The number of nitrogens with zero attached hydrogens (tertiary/aromatic N) is 2. The minimum Gasteiger partial charge on any atom is -0.459 e. The molecule has 1 atom stereocenters. The molecule has 0 spiro atoms. The van der Waals surface area contributed by atoms with Gasteiger partial charge in [-0.2, -0.15) is 0 Å². The highest BCUT2D eigenvalue weighted by molar-refractivity contribution is 8.16. The zero-order valence-electron chi connectivity index (χ0n) is 19.3. The van der Waals surface area contributed by atoms with Crippen LogP contribution in [0.5, 0.6) is 0 Å². The molecule has 32 heavy (non-hydrogen) atoms. The van der Waals surface area contributed by atoms with Crippen LogP contribution in [-0.4, -0.2) is 34.1 Å². The van der Waals surface area contributed by atoms with Crippen molar-refractivity contribution in [2.24, 2.45) is 4.99 Å². The minimum absolute atomic E-state index is 0.00656. The van der Waals surface area contributed by atoms with Crippen molar-refractivity contribution in [1.29, 1.82) is 0 Å². The standard InChI is InChI=1S/C25H31N3O3S/c1-14(2)17-6-8-18(9-7-17)23-22(24(30)31-15(3)4)16(5)26-25-28(23)20(13-32-25)12-21(29)27-19-10-11-19/h6-9,13-15,19,23H,10-12H2,1-5H3,(H,27,29). The molecule has 0 bridgehead atoms. The van der Waals surface area contributed by atoms with E-state index in [1.54, 1.807) is 0 Å². The third-order valence-electron chi connectivity index (χ3n) is 5.77. The van der Waals surface area contributed by atoms with Crippen LogP contribution in [0.25, 0.3) is 0 Å². The van der Waals surface area contributed by atoms with Gasteiger partial charge in [0.05, 0.1) is 29.8 Å². The van der Waals surface area contributed by atoms with E-state index >= 15 is 0 Å². The first-order valence-electron chi connectivity index (χ1n) is 11.3. The fourth-order valence-electron chi connectivity index (χ4n) is 3.96. The predicted molar refractivity (Wildman–Crippen MR) is 128 cm³/mol. The van der Waals surface area contributed by atoms with Crippen molar-refractivity contribution >= 4 is 28.8 Å². The Morgan fingerprint density at radius 3 is 2.47 bits per heavy atom. The molecule has 1 saturated carbocycles. The van der Waals surface area contributed by atoms with Gasteiger partial charge in [0.25, 0.3) is 0 Å². The summed E-state index contributed by atoms with van der Waals surface area (Å²) in [5, 5.41) is 5.83. The van der Waals surface area contributed by atoms with E-state index in [4.69, 9.17) is 9.73 Å². The molecule has 4 rings (SSSR count). The first-order chi connectivity index (χ1) is 15.2. The number of benzene rings is 1. The summed E-state index contributed by atoms with van der Waals surface area (Å²) in [4.78, 5) is 32.5. The number of thioether (sulfide) groups is 1. The highest BCUT2D eigenvalue weighted by atomic mass is 32.2. The van der Waals surface area contributed by atoms with Gasteiger partial charge >= 0.3 is 5.97 Å². The first kappa shape index (κ1) is 22.6. The van der Waals surface area contributed by atoms with Gasteiger partial charge in [-0.15, -0.1) is 0 Å². The zero-order valence-corrected chi connectivity index (χ0v) is 20.2. The molecule has 1 aromatic carbocycles. The summed E-state index contributed by atoms with van der Waals surface area (Å²) in [6, 6.07) is 8.29. The van der Waals surface area contributed by atoms with Gasteiger partial charge in [0.15, 0.2) is 5.17 Å². The molecular formula is C25H31N3O3S. The number of aliphatic imine (C=N–C) groups is 1. The van der Waals surface area contributed by atoms with Gasteiger partial charge in [0.1, 0.15) is 0 Å². The van der Waals surface area contributed by atoms with E-state index in [0.29, 0.717) is 23.2 Å². The Morgan fingerprint density at radius 2 is 1.88 bits per heavy atom. The van der Waals surface area contributed by atoms with Crippen LogP contribution >= 0.6 is 11.8 Å². The van der Waals surface area contributed by atoms with E-state index in [0.717, 1.165) is 29.3 Å². The largest absolute Gasteiger partial charge is 0.459 e. The minimum atomic E-state index is -0.384. The molecule has 0 aromatic heterocycles. The fourth-order valence-corrected chi connectivity index (χ4v) is 4.92. The molecule has 1 fully saturated rings. The zero-order chi connectivity index (χ0) is 23.0. The molecule has 0 radical (unpaired) electrons. The summed E-state index contributed by atoms with van der Waals surface area (Å²) in [5.74, 6) is 0.0584. The predicted octanol–water partition coefficient (Wildman–Crippen LogP) is 5.01. The Bertz CT molecular complexity index is 1000. The summed E-state index contributed by atoms with van der Waals surface area (Å²) < 4.78 is 5.60. The molecule has 1 amide bonds. The van der Waals surface area contributed by atoms with Crippen molar-refractivity contribution in [1.82, 2.24) is 10.2 Å². The summed E-state index contributed by atoms with van der Waals surface area (Å²) in [6.07, 6.45) is 2.13. The van der Waals surface area contributed by atoms with Crippen molar-refractivity contribution in [3.8, 4) is 0 Å². The molecule has 0 saturated heterocycles. The second-order valence-electron chi connectivity index (χ2n) is 9.19. The molecule has 7 heteroatoms. The number of hydrogen-bond donors (Lipinski definition) is 1. The van der Waals surface area contributed by atoms with Gasteiger partial charge in [-0.05, 0) is 56.1 Å². The first-order valence-corrected chi connectivity index (χ1v) is 12.2. The highest BCUT2D eigenvalue weighted by Crippen LogP contribution is 2.45. The Morgan fingerprint density at radius 1 is 1.19 bits per heavy atom. The lowest BCUT2D eigenvalue weighted by atomic mass is 9.92. The lowest BCUT2D eigenvalue weighted by Gasteiger charge is -2.36. The Balaban J connectivity index is 1.71. The van der Waals surface area contributed by atoms with Crippen LogP contribution in [0.1, 0.15) is 77.0 Å². The van der Waals surface area contributed by atoms with E-state index < -0.39 is 0 Å². The molecular weight excluding hydrogens is 422 g/mol. The molecule has 1 aliphatic carbocycles. The van der Waals surface area contributed by atoms with Gasteiger partial charge in [-0.1, -0.05) is 49.9 Å². The fraction of sp³-hybridized carbons (Fsp3) is 0.480. The number of carbonyl (C=O) groups is 2. The maximum Gasteiger partial charge on any atom is 0.338 e. The van der Waals surface area contributed by atoms with Crippen molar-refractivity contribution < 1.29 is 14.3 Å². The quantitative estimate of drug-likeness (QED) is 0.588. The number of amidine groups is 1. The average molecular weight is 454 g/mol. The number of amides is 1. The highest BCUT2D eigenvalue weighted by Gasteiger charge is 2.41. The molecule has 2 aliphatic heterocycles. The second-order valence-corrected chi connectivity index (χ2v) is 10.0. The smallest absolute Gasteiger partial charge is 0.338 e. The topological polar surface area (TPSA) is 71.0 Å². The van der Waals surface area contributed by atoms with Crippen molar-refractivity contribution in [2.75, 3.05) is 0 Å². The maximum absolute atomic E-state index is 13.2. The molecule has 170 valence electrons. The summed E-state index contributed by atoms with van der Waals surface area (Å²) in [6.45, 7) is 9.86. The van der Waals surface area contributed by atoms with E-state index in [-0.39, 0.29) is 30.4 Å². The maximum atomic E-state index is 13.2. The Hall–Kier alpha value is -2.54. The molecule has 3 aliphatic rings. The van der Waals surface area contributed by atoms with Crippen LogP contribution in [0.3, 0.4) is 0 Å². The van der Waals surface area contributed by atoms with Gasteiger partial charge in [-0.25, -0.2) is 9.79 Å². The summed E-state index contributed by atoms with van der Waals surface area (Å²) in [5.41, 5.74) is 4.25. The number of carbonyl (C=O) groups excluding carboxylic acids is 2. The van der Waals surface area contributed by atoms with Gasteiger partial charge in [0, 0.05) is 11.7 Å². The molecule has 1 unspecified atom stereocenters. The normalized spacial score (nSPS) is 20.3. The molecule has 2 heterocycles. The summed E-state index contributed by atoms with van der Waals surface area (Å²) >= 11 is 1.50. The monoisotopic (exact) mass is 453 g/mol. The lowest BCUT2D eigenvalue weighted by Crippen LogP contribution is -2.38. The third kappa shape index (κ3) is 4.77. The van der Waals surface area contributed by atoms with E-state index in [9.17, 15) is 9.59 Å². The van der Waals surface area contributed by atoms with Gasteiger partial charge in [0.2, 0.25) is 5.91 Å². The number of esters is 1. The van der Waals surface area contributed by atoms with Crippen molar-refractivity contribution in [3.05, 3.63) is 57.8 Å². The number of rotatable bonds is 7. The molecule has 1 aromatic rings. The van der Waals surface area contributed by atoms with E-state index in [1.807, 2.05) is 31.1 Å². The Labute approximate surface area is 194 Å². The average Bonchev–Trinajstić information content (AvgIpc) is 3.45. The number of nitrogens with one attached hydrogen (secondary N) is 1. The molecule has 6 nitrogen and oxygen atoms in total. The number of ether oxygens (including phenoxy) is 1. The van der Waals surface area contributed by atoms with E-state index in [2.05, 4.69) is 43.4 Å². The van der Waals surface area contributed by atoms with Crippen LogP contribution in [0, 0.1) is 0 Å². The number of fused-ring (bicyclic) bond motifs is 1. The van der Waals surface area contributed by atoms with Crippen LogP contribution in [0.4, 0.5) is 0 Å². The third-order valence-corrected chi connectivity index (χ3v) is 6.66. The van der Waals surface area contributed by atoms with Crippen molar-refractivity contribution in [3.63, 3.8) is 0 Å². The number of hydrogen-bond acceptors (Lipinski definition) is 6. The Kier molecular flexibility index (Phi) is 6.47. The van der Waals surface area contributed by atoms with Crippen molar-refractivity contribution in [2.45, 2.75) is 78.0 Å². The number of allylic oxidation sites excluding steroid dienone is 1. The SMILES string of the molecule is CC1=C(C(=O)OC(C)C)C(c2ccc(C(C)C)cc2)N2C(CC(=O)NC3CC3)=CSC2=N1. The van der Waals surface area contributed by atoms with Gasteiger partial charge < -0.3 is 15.0 Å². The molecule has 1 N–H and O–H groups in total.